The first-order valence-electron chi connectivity index (χ1n) is 6.85. The Labute approximate surface area is 126 Å². The number of carbonyl (C=O) groups excluding carboxylic acids is 1. The quantitative estimate of drug-likeness (QED) is 0.789. The number of rotatable bonds is 2. The number of nitrogens with one attached hydrogen (secondary N) is 1. The molecule has 1 N–H and O–H groups in total. The number of hydrazone groups is 1. The lowest BCUT2D eigenvalue weighted by atomic mass is 10.1. The molecule has 1 aliphatic rings. The fraction of sp³-hybridized carbons (Fsp3) is 0.0625. The summed E-state index contributed by atoms with van der Waals surface area (Å²) in [5.41, 5.74) is 6.42. The highest BCUT2D eigenvalue weighted by atomic mass is 16.6. The minimum Gasteiger partial charge on any atom is -0.442 e. The first-order valence-corrected chi connectivity index (χ1v) is 6.85. The number of hydrogen-bond acceptors (Lipinski definition) is 4. The fourth-order valence-electron chi connectivity index (χ4n) is 2.50. The lowest BCUT2D eigenvalue weighted by molar-refractivity contribution is 0.157. The molecule has 0 atom stereocenters. The topological polar surface area (TPSA) is 68.0 Å². The fourth-order valence-corrected chi connectivity index (χ4v) is 2.50. The number of imidazole rings is 1. The molecule has 0 unspecified atom stereocenters. The third-order valence-corrected chi connectivity index (χ3v) is 3.47. The first kappa shape index (κ1) is 12.6. The zero-order chi connectivity index (χ0) is 14.9. The van der Waals surface area contributed by atoms with Crippen molar-refractivity contribution < 1.29 is 9.53 Å². The summed E-state index contributed by atoms with van der Waals surface area (Å²) in [5.74, 6) is 0. The van der Waals surface area contributed by atoms with Gasteiger partial charge in [0.1, 0.15) is 23.7 Å². The summed E-state index contributed by atoms with van der Waals surface area (Å²) in [5, 5.41) is 4.12. The Balaban J connectivity index is 1.97. The van der Waals surface area contributed by atoms with Crippen molar-refractivity contribution in [3.05, 3.63) is 60.4 Å². The number of fused-ring (bicyclic) bond motifs is 1. The maximum absolute atomic E-state index is 11.1. The number of pyridine rings is 1. The van der Waals surface area contributed by atoms with Crippen LogP contribution in [0.25, 0.3) is 16.9 Å². The molecule has 0 bridgehead atoms. The Morgan fingerprint density at radius 2 is 1.91 bits per heavy atom. The molecule has 0 fully saturated rings. The molecule has 108 valence electrons. The lowest BCUT2D eigenvalue weighted by Gasteiger charge is -2.14. The summed E-state index contributed by atoms with van der Waals surface area (Å²) < 4.78 is 6.98. The van der Waals surface area contributed by atoms with Crippen molar-refractivity contribution in [2.45, 2.75) is 0 Å². The van der Waals surface area contributed by atoms with E-state index in [1.807, 2.05) is 59.1 Å². The summed E-state index contributed by atoms with van der Waals surface area (Å²) in [7, 11) is 0. The molecule has 1 amide bonds. The summed E-state index contributed by atoms with van der Waals surface area (Å²) in [6.45, 7) is 0.119. The predicted octanol–water partition coefficient (Wildman–Crippen LogP) is 2.45. The molecule has 1 aliphatic heterocycles. The second kappa shape index (κ2) is 5.00. The molecule has 6 nitrogen and oxygen atoms in total. The number of cyclic esters (lactones) is 1. The van der Waals surface area contributed by atoms with E-state index in [4.69, 9.17) is 9.72 Å². The molecule has 4 rings (SSSR count). The minimum absolute atomic E-state index is 0.119. The largest absolute Gasteiger partial charge is 0.442 e. The Kier molecular flexibility index (Phi) is 2.86. The molecule has 3 aromatic rings. The van der Waals surface area contributed by atoms with E-state index in [0.717, 1.165) is 22.6 Å². The standard InChI is InChI=1S/C16H12N4O2/c21-16-19-18-12(10-22-16)15-14(11-6-2-1-3-7-11)17-13-8-4-5-9-20(13)15/h1-9H,10H2,(H,19,21). The van der Waals surface area contributed by atoms with Crippen LogP contribution >= 0.6 is 0 Å². The maximum Gasteiger partial charge on any atom is 0.428 e. The van der Waals surface area contributed by atoms with Crippen molar-refractivity contribution in [3.63, 3.8) is 0 Å². The van der Waals surface area contributed by atoms with E-state index in [2.05, 4.69) is 10.5 Å². The Morgan fingerprint density at radius 1 is 1.09 bits per heavy atom. The molecule has 0 radical (unpaired) electrons. The maximum atomic E-state index is 11.1. The molecule has 22 heavy (non-hydrogen) atoms. The second-order valence-corrected chi connectivity index (χ2v) is 4.85. The number of nitrogens with zero attached hydrogens (tertiary/aromatic N) is 3. The smallest absolute Gasteiger partial charge is 0.428 e. The first-order chi connectivity index (χ1) is 10.8. The lowest BCUT2D eigenvalue weighted by Crippen LogP contribution is -2.31. The average molecular weight is 292 g/mol. The van der Waals surface area contributed by atoms with E-state index < -0.39 is 6.09 Å². The normalized spacial score (nSPS) is 14.4. The van der Waals surface area contributed by atoms with Gasteiger partial charge in [0.05, 0.1) is 5.69 Å². The zero-order valence-corrected chi connectivity index (χ0v) is 11.6. The van der Waals surface area contributed by atoms with Crippen molar-refractivity contribution in [1.82, 2.24) is 14.8 Å². The van der Waals surface area contributed by atoms with Gasteiger partial charge >= 0.3 is 6.09 Å². The van der Waals surface area contributed by atoms with Crippen molar-refractivity contribution >= 4 is 17.5 Å². The minimum atomic E-state index is -0.543. The predicted molar refractivity (Wildman–Crippen MR) is 81.6 cm³/mol. The zero-order valence-electron chi connectivity index (χ0n) is 11.6. The van der Waals surface area contributed by atoms with Gasteiger partial charge in [-0.3, -0.25) is 4.40 Å². The summed E-state index contributed by atoms with van der Waals surface area (Å²) in [6.07, 6.45) is 1.38. The van der Waals surface area contributed by atoms with Crippen LogP contribution < -0.4 is 5.43 Å². The molecule has 0 saturated carbocycles. The van der Waals surface area contributed by atoms with Crippen LogP contribution in [0.5, 0.6) is 0 Å². The van der Waals surface area contributed by atoms with Crippen molar-refractivity contribution in [1.29, 1.82) is 0 Å². The van der Waals surface area contributed by atoms with Crippen LogP contribution in [0.4, 0.5) is 4.79 Å². The monoisotopic (exact) mass is 292 g/mol. The van der Waals surface area contributed by atoms with Crippen LogP contribution in [0.2, 0.25) is 0 Å². The molecule has 2 aromatic heterocycles. The van der Waals surface area contributed by atoms with Gasteiger partial charge in [0.25, 0.3) is 0 Å². The molecule has 6 heteroatoms. The van der Waals surface area contributed by atoms with Crippen LogP contribution in [-0.2, 0) is 4.74 Å². The average Bonchev–Trinajstić information content (AvgIpc) is 2.96. The number of carbonyl (C=O) groups is 1. The second-order valence-electron chi connectivity index (χ2n) is 4.85. The van der Waals surface area contributed by atoms with Crippen molar-refractivity contribution in [3.8, 4) is 11.3 Å². The summed E-state index contributed by atoms with van der Waals surface area (Å²) in [6, 6.07) is 15.7. The van der Waals surface area contributed by atoms with Gasteiger partial charge in [-0.2, -0.15) is 5.10 Å². The van der Waals surface area contributed by atoms with Gasteiger partial charge in [-0.15, -0.1) is 0 Å². The van der Waals surface area contributed by atoms with E-state index in [-0.39, 0.29) is 6.61 Å². The molecule has 0 spiro atoms. The van der Waals surface area contributed by atoms with Gasteiger partial charge in [0.15, 0.2) is 0 Å². The van der Waals surface area contributed by atoms with Crippen LogP contribution in [0.1, 0.15) is 5.69 Å². The number of hydrogen-bond donors (Lipinski definition) is 1. The Bertz CT molecular complexity index is 884. The highest BCUT2D eigenvalue weighted by Crippen LogP contribution is 2.25. The molecule has 0 aliphatic carbocycles. The SMILES string of the molecule is O=C1NN=C(c2c(-c3ccccc3)nc3ccccn23)CO1. The third-order valence-electron chi connectivity index (χ3n) is 3.47. The van der Waals surface area contributed by atoms with E-state index in [0.29, 0.717) is 5.71 Å². The molecule has 3 heterocycles. The number of amides is 1. The Morgan fingerprint density at radius 3 is 2.68 bits per heavy atom. The summed E-state index contributed by atoms with van der Waals surface area (Å²) >= 11 is 0. The molecular weight excluding hydrogens is 280 g/mol. The van der Waals surface area contributed by atoms with Crippen LogP contribution in [0.3, 0.4) is 0 Å². The number of ether oxygens (including phenoxy) is 1. The molecule has 0 saturated heterocycles. The van der Waals surface area contributed by atoms with Crippen molar-refractivity contribution in [2.75, 3.05) is 6.61 Å². The van der Waals surface area contributed by atoms with Crippen LogP contribution in [-0.4, -0.2) is 27.8 Å². The highest BCUT2D eigenvalue weighted by molar-refractivity contribution is 6.07. The van der Waals surface area contributed by atoms with Crippen LogP contribution in [0, 0.1) is 0 Å². The summed E-state index contributed by atoms with van der Waals surface area (Å²) in [4.78, 5) is 15.8. The van der Waals surface area contributed by atoms with Crippen molar-refractivity contribution in [2.24, 2.45) is 5.10 Å². The van der Waals surface area contributed by atoms with E-state index in [9.17, 15) is 4.79 Å². The van der Waals surface area contributed by atoms with Crippen LogP contribution in [0.15, 0.2) is 59.8 Å². The third kappa shape index (κ3) is 2.01. The van der Waals surface area contributed by atoms with Gasteiger partial charge in [0, 0.05) is 11.8 Å². The van der Waals surface area contributed by atoms with Gasteiger partial charge in [0.2, 0.25) is 0 Å². The van der Waals surface area contributed by atoms with Gasteiger partial charge in [-0.1, -0.05) is 36.4 Å². The van der Waals surface area contributed by atoms with E-state index >= 15 is 0 Å². The van der Waals surface area contributed by atoms with Gasteiger partial charge in [-0.05, 0) is 12.1 Å². The van der Waals surface area contributed by atoms with Gasteiger partial charge < -0.3 is 4.74 Å². The molecule has 1 aromatic carbocycles. The highest BCUT2D eigenvalue weighted by Gasteiger charge is 2.22. The number of benzene rings is 1. The number of aromatic nitrogens is 2. The van der Waals surface area contributed by atoms with E-state index in [1.165, 1.54) is 0 Å². The Hall–Kier alpha value is -3.15. The van der Waals surface area contributed by atoms with Gasteiger partial charge in [-0.25, -0.2) is 15.2 Å². The van der Waals surface area contributed by atoms with E-state index in [1.54, 1.807) is 0 Å². The molecular formula is C16H12N4O2.